The fourth-order valence-electron chi connectivity index (χ4n) is 2.51. The second-order valence-corrected chi connectivity index (χ2v) is 7.00. The highest BCUT2D eigenvalue weighted by Gasteiger charge is 2.26. The van der Waals surface area contributed by atoms with Crippen molar-refractivity contribution in [2.45, 2.75) is 13.3 Å². The topological polar surface area (TPSA) is 117 Å². The summed E-state index contributed by atoms with van der Waals surface area (Å²) < 4.78 is 19.4. The summed E-state index contributed by atoms with van der Waals surface area (Å²) in [5.41, 5.74) is 1.07. The van der Waals surface area contributed by atoms with Crippen LogP contribution in [0.2, 0.25) is 0 Å². The van der Waals surface area contributed by atoms with Crippen LogP contribution < -0.4 is 10.1 Å². The molecule has 1 aromatic heterocycles. The molecule has 160 valence electrons. The van der Waals surface area contributed by atoms with Crippen molar-refractivity contribution in [2.75, 3.05) is 33.3 Å². The molecule has 30 heavy (non-hydrogen) atoms. The molecule has 0 aliphatic heterocycles. The Morgan fingerprint density at radius 3 is 2.17 bits per heavy atom. The van der Waals surface area contributed by atoms with Gasteiger partial charge in [0.25, 0.3) is 5.91 Å². The molecule has 2 rings (SSSR count). The van der Waals surface area contributed by atoms with Crippen molar-refractivity contribution in [1.82, 2.24) is 0 Å². The van der Waals surface area contributed by atoms with Crippen LogP contribution in [-0.4, -0.2) is 51.8 Å². The third-order valence-corrected chi connectivity index (χ3v) is 5.22. The van der Waals surface area contributed by atoms with Crippen molar-refractivity contribution in [3.05, 3.63) is 45.8 Å². The van der Waals surface area contributed by atoms with Gasteiger partial charge in [0.15, 0.2) is 6.61 Å². The molecule has 0 spiro atoms. The van der Waals surface area contributed by atoms with E-state index in [4.69, 9.17) is 14.2 Å². The number of thiophene rings is 1. The fraction of sp³-hybridized carbons (Fsp3) is 0.300. The quantitative estimate of drug-likeness (QED) is 0.496. The average Bonchev–Trinajstić information content (AvgIpc) is 3.07. The second kappa shape index (κ2) is 10.4. The molecule has 9 nitrogen and oxygen atoms in total. The van der Waals surface area contributed by atoms with Gasteiger partial charge >= 0.3 is 17.9 Å². The van der Waals surface area contributed by atoms with E-state index in [0.29, 0.717) is 16.9 Å². The van der Waals surface area contributed by atoms with Gasteiger partial charge in [0.05, 0.1) is 33.3 Å². The minimum Gasteiger partial charge on any atom is -0.497 e. The molecule has 0 saturated carbocycles. The Bertz CT molecular complexity index is 948. The zero-order chi connectivity index (χ0) is 22.3. The number of amides is 1. The van der Waals surface area contributed by atoms with Gasteiger partial charge in [-0.3, -0.25) is 9.59 Å². The second-order valence-electron chi connectivity index (χ2n) is 5.98. The van der Waals surface area contributed by atoms with Gasteiger partial charge in [0, 0.05) is 0 Å². The first kappa shape index (κ1) is 22.9. The van der Waals surface area contributed by atoms with E-state index in [0.717, 1.165) is 11.3 Å². The Balaban J connectivity index is 2.02. The normalized spacial score (nSPS) is 10.1. The predicted octanol–water partition coefficient (Wildman–Crippen LogP) is 2.36. The molecule has 1 N–H and O–H groups in total. The maximum absolute atomic E-state index is 12.2. The molecule has 0 atom stereocenters. The molecular weight excluding hydrogens is 414 g/mol. The molecule has 0 radical (unpaired) electrons. The summed E-state index contributed by atoms with van der Waals surface area (Å²) in [5.74, 6) is -1.97. The number of carbonyl (C=O) groups excluding carboxylic acids is 4. The Kier molecular flexibility index (Phi) is 7.93. The van der Waals surface area contributed by atoms with E-state index in [2.05, 4.69) is 10.1 Å². The third kappa shape index (κ3) is 5.57. The molecule has 0 bridgehead atoms. The Hall–Kier alpha value is -3.40. The van der Waals surface area contributed by atoms with Crippen molar-refractivity contribution in [3.63, 3.8) is 0 Å². The van der Waals surface area contributed by atoms with E-state index in [-0.39, 0.29) is 21.9 Å². The number of rotatable bonds is 8. The fourth-order valence-corrected chi connectivity index (χ4v) is 3.64. The summed E-state index contributed by atoms with van der Waals surface area (Å²) in [7, 11) is 3.93. The van der Waals surface area contributed by atoms with Gasteiger partial charge in [0.2, 0.25) is 0 Å². The number of carbonyl (C=O) groups is 4. The van der Waals surface area contributed by atoms with E-state index in [1.165, 1.54) is 21.3 Å². The van der Waals surface area contributed by atoms with Crippen molar-refractivity contribution in [1.29, 1.82) is 0 Å². The third-order valence-electron chi connectivity index (χ3n) is 4.03. The van der Waals surface area contributed by atoms with Crippen LogP contribution in [0.15, 0.2) is 24.3 Å². The highest BCUT2D eigenvalue weighted by Crippen LogP contribution is 2.34. The lowest BCUT2D eigenvalue weighted by atomic mass is 10.1. The molecule has 1 heterocycles. The summed E-state index contributed by atoms with van der Waals surface area (Å²) in [6, 6.07) is 6.85. The maximum Gasteiger partial charge on any atom is 0.348 e. The van der Waals surface area contributed by atoms with Crippen molar-refractivity contribution < 1.29 is 38.1 Å². The van der Waals surface area contributed by atoms with Crippen LogP contribution >= 0.6 is 11.3 Å². The number of methoxy groups -OCH3 is 3. The first-order valence-corrected chi connectivity index (χ1v) is 9.50. The standard InChI is InChI=1S/C20H21NO8S/c1-11-16(19(24)27-3)18(30-17(11)20(25)28-4)21-14(22)10-29-15(23)9-12-5-7-13(26-2)8-6-12/h5-8H,9-10H2,1-4H3,(H,21,22). The van der Waals surface area contributed by atoms with Crippen LogP contribution in [0.3, 0.4) is 0 Å². The van der Waals surface area contributed by atoms with Crippen molar-refractivity contribution in [3.8, 4) is 5.75 Å². The van der Waals surface area contributed by atoms with Crippen LogP contribution in [0.1, 0.15) is 31.2 Å². The first-order chi connectivity index (χ1) is 14.3. The number of esters is 3. The van der Waals surface area contributed by atoms with Crippen molar-refractivity contribution in [2.24, 2.45) is 0 Å². The Morgan fingerprint density at radius 1 is 0.967 bits per heavy atom. The van der Waals surface area contributed by atoms with Crippen molar-refractivity contribution >= 4 is 40.2 Å². The zero-order valence-corrected chi connectivity index (χ0v) is 17.7. The van der Waals surface area contributed by atoms with Crippen LogP contribution in [0.25, 0.3) is 0 Å². The van der Waals surface area contributed by atoms with Crippen LogP contribution in [0.4, 0.5) is 5.00 Å². The van der Waals surface area contributed by atoms with Gasteiger partial charge in [-0.2, -0.15) is 0 Å². The molecule has 0 aliphatic carbocycles. The minimum atomic E-state index is -0.717. The molecule has 0 unspecified atom stereocenters. The smallest absolute Gasteiger partial charge is 0.348 e. The van der Waals surface area contributed by atoms with Crippen LogP contribution in [-0.2, 0) is 30.2 Å². The Labute approximate surface area is 176 Å². The van der Waals surface area contributed by atoms with Gasteiger partial charge < -0.3 is 24.3 Å². The number of anilines is 1. The zero-order valence-electron chi connectivity index (χ0n) is 16.9. The summed E-state index contributed by atoms with van der Waals surface area (Å²) in [5, 5.41) is 2.58. The monoisotopic (exact) mass is 435 g/mol. The number of nitrogens with one attached hydrogen (secondary N) is 1. The van der Waals surface area contributed by atoms with Gasteiger partial charge in [0.1, 0.15) is 15.6 Å². The van der Waals surface area contributed by atoms with Crippen LogP contribution in [0.5, 0.6) is 5.75 Å². The lowest BCUT2D eigenvalue weighted by Gasteiger charge is -2.07. The molecular formula is C20H21NO8S. The maximum atomic E-state index is 12.2. The molecule has 1 amide bonds. The lowest BCUT2D eigenvalue weighted by Crippen LogP contribution is -2.22. The minimum absolute atomic E-state index is 0.0186. The molecule has 0 saturated heterocycles. The highest BCUT2D eigenvalue weighted by molar-refractivity contribution is 7.18. The van der Waals surface area contributed by atoms with Gasteiger partial charge in [-0.05, 0) is 30.2 Å². The van der Waals surface area contributed by atoms with E-state index < -0.39 is 30.4 Å². The van der Waals surface area contributed by atoms with E-state index in [1.54, 1.807) is 31.2 Å². The van der Waals surface area contributed by atoms with E-state index in [9.17, 15) is 19.2 Å². The molecule has 1 aromatic carbocycles. The van der Waals surface area contributed by atoms with E-state index in [1.807, 2.05) is 0 Å². The summed E-state index contributed by atoms with van der Waals surface area (Å²) in [6.45, 7) is 0.986. The summed E-state index contributed by atoms with van der Waals surface area (Å²) >= 11 is 0.872. The van der Waals surface area contributed by atoms with Gasteiger partial charge in [-0.15, -0.1) is 11.3 Å². The number of ether oxygens (including phenoxy) is 4. The lowest BCUT2D eigenvalue weighted by molar-refractivity contribution is -0.146. The highest BCUT2D eigenvalue weighted by atomic mass is 32.1. The van der Waals surface area contributed by atoms with Gasteiger partial charge in [-0.1, -0.05) is 12.1 Å². The molecule has 0 aliphatic rings. The van der Waals surface area contributed by atoms with Gasteiger partial charge in [-0.25, -0.2) is 9.59 Å². The van der Waals surface area contributed by atoms with Crippen LogP contribution in [0, 0.1) is 6.92 Å². The average molecular weight is 435 g/mol. The SMILES string of the molecule is COC(=O)c1sc(NC(=O)COC(=O)Cc2ccc(OC)cc2)c(C(=O)OC)c1C. The molecule has 2 aromatic rings. The number of hydrogen-bond donors (Lipinski definition) is 1. The largest absolute Gasteiger partial charge is 0.497 e. The molecule has 10 heteroatoms. The summed E-state index contributed by atoms with van der Waals surface area (Å²) in [4.78, 5) is 48.3. The molecule has 0 fully saturated rings. The number of benzene rings is 1. The summed E-state index contributed by atoms with van der Waals surface area (Å²) in [6.07, 6.45) is -0.0186. The number of hydrogen-bond acceptors (Lipinski definition) is 9. The van der Waals surface area contributed by atoms with E-state index >= 15 is 0 Å². The first-order valence-electron chi connectivity index (χ1n) is 8.69. The Morgan fingerprint density at radius 2 is 1.60 bits per heavy atom. The predicted molar refractivity (Wildman–Crippen MR) is 108 cm³/mol.